The Kier molecular flexibility index (Phi) is 5.19. The molecular formula is C14H23N3O3. The summed E-state index contributed by atoms with van der Waals surface area (Å²) in [5, 5.41) is 0. The van der Waals surface area contributed by atoms with Gasteiger partial charge in [-0.25, -0.2) is 0 Å². The molecule has 1 aromatic carbocycles. The molecule has 0 aliphatic carbocycles. The Bertz CT molecular complexity index is 419. The molecule has 0 aromatic heterocycles. The molecular weight excluding hydrogens is 258 g/mol. The number of nitrogens with zero attached hydrogens (tertiary/aromatic N) is 1. The zero-order chi connectivity index (χ0) is 14.5. The SMILES string of the molecule is COc1cc(OC)cc(C(NN)C2CN(C)CCO2)c1. The fourth-order valence-electron chi connectivity index (χ4n) is 2.44. The number of hydrogen-bond donors (Lipinski definition) is 2. The van der Waals surface area contributed by atoms with Gasteiger partial charge in [-0.05, 0) is 24.7 Å². The third-order valence-corrected chi connectivity index (χ3v) is 3.58. The van der Waals surface area contributed by atoms with Crippen LogP contribution in [-0.4, -0.2) is 52.0 Å². The Morgan fingerprint density at radius 3 is 2.45 bits per heavy atom. The Morgan fingerprint density at radius 2 is 1.95 bits per heavy atom. The molecule has 1 saturated heterocycles. The van der Waals surface area contributed by atoms with Crippen LogP contribution in [-0.2, 0) is 4.74 Å². The van der Waals surface area contributed by atoms with Crippen molar-refractivity contribution >= 4 is 0 Å². The van der Waals surface area contributed by atoms with Crippen LogP contribution in [0.2, 0.25) is 0 Å². The molecule has 112 valence electrons. The third kappa shape index (κ3) is 3.40. The predicted molar refractivity (Wildman–Crippen MR) is 76.8 cm³/mol. The highest BCUT2D eigenvalue weighted by molar-refractivity contribution is 5.40. The zero-order valence-electron chi connectivity index (χ0n) is 12.3. The van der Waals surface area contributed by atoms with E-state index in [-0.39, 0.29) is 12.1 Å². The van der Waals surface area contributed by atoms with Crippen LogP contribution in [0.15, 0.2) is 18.2 Å². The van der Waals surface area contributed by atoms with E-state index < -0.39 is 0 Å². The largest absolute Gasteiger partial charge is 0.497 e. The maximum Gasteiger partial charge on any atom is 0.122 e. The van der Waals surface area contributed by atoms with Crippen molar-refractivity contribution in [3.05, 3.63) is 23.8 Å². The van der Waals surface area contributed by atoms with Gasteiger partial charge in [-0.15, -0.1) is 0 Å². The van der Waals surface area contributed by atoms with Crippen LogP contribution in [0, 0.1) is 0 Å². The van der Waals surface area contributed by atoms with Crippen LogP contribution < -0.4 is 20.7 Å². The summed E-state index contributed by atoms with van der Waals surface area (Å²) < 4.78 is 16.4. The molecule has 1 aliphatic rings. The quantitative estimate of drug-likeness (QED) is 0.606. The van der Waals surface area contributed by atoms with Gasteiger partial charge in [0.2, 0.25) is 0 Å². The van der Waals surface area contributed by atoms with Gasteiger partial charge < -0.3 is 19.1 Å². The molecule has 0 radical (unpaired) electrons. The zero-order valence-corrected chi connectivity index (χ0v) is 12.3. The summed E-state index contributed by atoms with van der Waals surface area (Å²) in [6.07, 6.45) is -0.00411. The Hall–Kier alpha value is -1.34. The summed E-state index contributed by atoms with van der Waals surface area (Å²) >= 11 is 0. The second-order valence-electron chi connectivity index (χ2n) is 4.96. The number of methoxy groups -OCH3 is 2. The van der Waals surface area contributed by atoms with Crippen LogP contribution in [0.1, 0.15) is 11.6 Å². The second-order valence-corrected chi connectivity index (χ2v) is 4.96. The van der Waals surface area contributed by atoms with Crippen LogP contribution in [0.5, 0.6) is 11.5 Å². The van der Waals surface area contributed by atoms with Crippen molar-refractivity contribution in [3.8, 4) is 11.5 Å². The summed E-state index contributed by atoms with van der Waals surface area (Å²) in [6.45, 7) is 2.48. The molecule has 1 aliphatic heterocycles. The van der Waals surface area contributed by atoms with E-state index in [1.54, 1.807) is 14.2 Å². The summed E-state index contributed by atoms with van der Waals surface area (Å²) in [5.41, 5.74) is 3.84. The number of benzene rings is 1. The first-order valence-electron chi connectivity index (χ1n) is 6.67. The Balaban J connectivity index is 2.25. The van der Waals surface area contributed by atoms with Gasteiger partial charge in [0.25, 0.3) is 0 Å². The van der Waals surface area contributed by atoms with E-state index in [4.69, 9.17) is 20.1 Å². The molecule has 0 spiro atoms. The van der Waals surface area contributed by atoms with Gasteiger partial charge in [0.1, 0.15) is 11.5 Å². The monoisotopic (exact) mass is 281 g/mol. The fourth-order valence-corrected chi connectivity index (χ4v) is 2.44. The van der Waals surface area contributed by atoms with Crippen molar-refractivity contribution in [1.82, 2.24) is 10.3 Å². The molecule has 20 heavy (non-hydrogen) atoms. The minimum absolute atomic E-state index is 0.00411. The third-order valence-electron chi connectivity index (χ3n) is 3.58. The average molecular weight is 281 g/mol. The highest BCUT2D eigenvalue weighted by Gasteiger charge is 2.28. The normalized spacial score (nSPS) is 21.5. The first-order valence-corrected chi connectivity index (χ1v) is 6.67. The minimum atomic E-state index is -0.109. The molecule has 1 heterocycles. The molecule has 0 bridgehead atoms. The summed E-state index contributed by atoms with van der Waals surface area (Å²) in [4.78, 5) is 2.23. The van der Waals surface area contributed by atoms with E-state index in [0.29, 0.717) is 6.61 Å². The highest BCUT2D eigenvalue weighted by atomic mass is 16.5. The molecule has 0 saturated carbocycles. The molecule has 0 amide bonds. The van der Waals surface area contributed by atoms with E-state index in [2.05, 4.69) is 17.4 Å². The van der Waals surface area contributed by atoms with E-state index in [1.165, 1.54) is 0 Å². The lowest BCUT2D eigenvalue weighted by Crippen LogP contribution is -2.48. The number of morpholine rings is 1. The lowest BCUT2D eigenvalue weighted by Gasteiger charge is -2.35. The molecule has 2 unspecified atom stereocenters. The second kappa shape index (κ2) is 6.90. The first-order chi connectivity index (χ1) is 9.67. The van der Waals surface area contributed by atoms with Gasteiger partial charge in [0, 0.05) is 19.2 Å². The molecule has 3 N–H and O–H groups in total. The maximum atomic E-state index is 5.84. The number of rotatable bonds is 5. The highest BCUT2D eigenvalue weighted by Crippen LogP contribution is 2.29. The number of nitrogens with one attached hydrogen (secondary N) is 1. The number of nitrogens with two attached hydrogens (primary N) is 1. The van der Waals surface area contributed by atoms with Crippen molar-refractivity contribution in [2.24, 2.45) is 5.84 Å². The van der Waals surface area contributed by atoms with Gasteiger partial charge in [-0.2, -0.15) is 0 Å². The van der Waals surface area contributed by atoms with Crippen LogP contribution >= 0.6 is 0 Å². The minimum Gasteiger partial charge on any atom is -0.497 e. The van der Waals surface area contributed by atoms with Crippen LogP contribution in [0.4, 0.5) is 0 Å². The fraction of sp³-hybridized carbons (Fsp3) is 0.571. The lowest BCUT2D eigenvalue weighted by molar-refractivity contribution is -0.0393. The molecule has 1 aromatic rings. The van der Waals surface area contributed by atoms with Crippen molar-refractivity contribution < 1.29 is 14.2 Å². The standard InChI is InChI=1S/C14H23N3O3/c1-17-4-5-20-13(9-17)14(16-15)10-6-11(18-2)8-12(7-10)19-3/h6-8,13-14,16H,4-5,9,15H2,1-3H3. The number of ether oxygens (including phenoxy) is 3. The van der Waals surface area contributed by atoms with Crippen molar-refractivity contribution in [3.63, 3.8) is 0 Å². The molecule has 2 atom stereocenters. The van der Waals surface area contributed by atoms with E-state index in [9.17, 15) is 0 Å². The molecule has 2 rings (SSSR count). The smallest absolute Gasteiger partial charge is 0.122 e. The summed E-state index contributed by atoms with van der Waals surface area (Å²) in [6, 6.07) is 5.63. The molecule has 1 fully saturated rings. The molecule has 6 heteroatoms. The number of likely N-dealkylation sites (N-methyl/N-ethyl adjacent to an activating group) is 1. The van der Waals surface area contributed by atoms with Crippen molar-refractivity contribution in [1.29, 1.82) is 0 Å². The Morgan fingerprint density at radius 1 is 1.30 bits per heavy atom. The number of hydrazine groups is 1. The molecule has 6 nitrogen and oxygen atoms in total. The van der Waals surface area contributed by atoms with Gasteiger partial charge >= 0.3 is 0 Å². The van der Waals surface area contributed by atoms with E-state index in [0.717, 1.165) is 30.2 Å². The van der Waals surface area contributed by atoms with Gasteiger partial charge in [-0.3, -0.25) is 11.3 Å². The van der Waals surface area contributed by atoms with Gasteiger partial charge in [-0.1, -0.05) is 0 Å². The number of hydrogen-bond acceptors (Lipinski definition) is 6. The first kappa shape index (κ1) is 15.1. The average Bonchev–Trinajstić information content (AvgIpc) is 2.47. The van der Waals surface area contributed by atoms with Crippen molar-refractivity contribution in [2.45, 2.75) is 12.1 Å². The maximum absolute atomic E-state index is 5.84. The topological polar surface area (TPSA) is 69.0 Å². The van der Waals surface area contributed by atoms with Gasteiger partial charge in [0.05, 0.1) is 33.0 Å². The lowest BCUT2D eigenvalue weighted by atomic mass is 10.00. The van der Waals surface area contributed by atoms with Crippen LogP contribution in [0.25, 0.3) is 0 Å². The predicted octanol–water partition coefficient (Wildman–Crippen LogP) is 0.539. The summed E-state index contributed by atoms with van der Waals surface area (Å²) in [5.74, 6) is 7.21. The Labute approximate surface area is 119 Å². The van der Waals surface area contributed by atoms with Crippen molar-refractivity contribution in [2.75, 3.05) is 41.0 Å². The van der Waals surface area contributed by atoms with E-state index in [1.807, 2.05) is 18.2 Å². The summed E-state index contributed by atoms with van der Waals surface area (Å²) in [7, 11) is 5.35. The van der Waals surface area contributed by atoms with Gasteiger partial charge in [0.15, 0.2) is 0 Å². The van der Waals surface area contributed by atoms with E-state index >= 15 is 0 Å². The van der Waals surface area contributed by atoms with Crippen LogP contribution in [0.3, 0.4) is 0 Å².